The second kappa shape index (κ2) is 17.9. The van der Waals surface area contributed by atoms with E-state index < -0.39 is 0 Å². The molecule has 12 rings (SSSR count). The molecular formula is C70H57N. The summed E-state index contributed by atoms with van der Waals surface area (Å²) in [7, 11) is 0. The zero-order valence-electron chi connectivity index (χ0n) is 41.0. The van der Waals surface area contributed by atoms with Gasteiger partial charge in [-0.2, -0.15) is 0 Å². The minimum absolute atomic E-state index is 0.0351. The predicted octanol–water partition coefficient (Wildman–Crippen LogP) is 19.4. The average molecular weight is 912 g/mol. The molecule has 0 bridgehead atoms. The normalized spacial score (nSPS) is 13.6. The quantitative estimate of drug-likeness (QED) is 0.117. The Labute approximate surface area is 420 Å². The summed E-state index contributed by atoms with van der Waals surface area (Å²) in [5.74, 6) is 0. The zero-order chi connectivity index (χ0) is 48.1. The van der Waals surface area contributed by atoms with Gasteiger partial charge in [-0.3, -0.25) is 0 Å². The number of rotatable bonds is 11. The molecule has 1 heteroatoms. The summed E-state index contributed by atoms with van der Waals surface area (Å²) in [6.45, 7) is 9.42. The highest BCUT2D eigenvalue weighted by molar-refractivity contribution is 5.95. The van der Waals surface area contributed by atoms with Crippen molar-refractivity contribution in [1.29, 1.82) is 0 Å². The summed E-state index contributed by atoms with van der Waals surface area (Å²) in [5, 5.41) is 0. The summed E-state index contributed by atoms with van der Waals surface area (Å²) in [5.41, 5.74) is 26.6. The van der Waals surface area contributed by atoms with E-state index >= 15 is 0 Å². The van der Waals surface area contributed by atoms with Gasteiger partial charge in [0.2, 0.25) is 0 Å². The number of para-hydroxylation sites is 2. The van der Waals surface area contributed by atoms with Gasteiger partial charge in [0.05, 0.1) is 0 Å². The Kier molecular flexibility index (Phi) is 11.1. The standard InChI is InChI=1S/C70H57N/c1-5-70(6-2)66-45-49(33-42-62(66)63-44-41-57(47-67(63)70)71(55-21-12-8-13-22-55)56-23-14-9-15-24-56)30-29-48-31-34-53(35-32-48)68-58(51-19-10-7-11-20-51)26-18-27-59(68)52-38-36-50(37-39-52)54-40-43-61-60-25-16-17-28-64(60)69(3,4)65(61)46-54/h7-47H,5-6H2,1-4H3/b30-29+. The van der Waals surface area contributed by atoms with Crippen molar-refractivity contribution in [2.75, 3.05) is 4.90 Å². The lowest BCUT2D eigenvalue weighted by Gasteiger charge is -2.32. The molecule has 0 aliphatic heterocycles. The number of benzene rings is 10. The van der Waals surface area contributed by atoms with Crippen LogP contribution in [0.25, 0.3) is 78.9 Å². The molecule has 10 aromatic carbocycles. The van der Waals surface area contributed by atoms with Gasteiger partial charge in [0.25, 0.3) is 0 Å². The minimum Gasteiger partial charge on any atom is -0.310 e. The summed E-state index contributed by atoms with van der Waals surface area (Å²) < 4.78 is 0. The smallest absolute Gasteiger partial charge is 0.0465 e. The lowest BCUT2D eigenvalue weighted by molar-refractivity contribution is 0.490. The lowest BCUT2D eigenvalue weighted by atomic mass is 9.73. The van der Waals surface area contributed by atoms with Crippen LogP contribution in [0.15, 0.2) is 237 Å². The van der Waals surface area contributed by atoms with E-state index in [1.54, 1.807) is 0 Å². The van der Waals surface area contributed by atoms with Crippen LogP contribution in [-0.2, 0) is 10.8 Å². The maximum Gasteiger partial charge on any atom is 0.0465 e. The van der Waals surface area contributed by atoms with Crippen LogP contribution in [0.1, 0.15) is 73.9 Å². The van der Waals surface area contributed by atoms with E-state index in [0.29, 0.717) is 0 Å². The van der Waals surface area contributed by atoms with Gasteiger partial charge in [-0.25, -0.2) is 0 Å². The fourth-order valence-electron chi connectivity index (χ4n) is 12.0. The van der Waals surface area contributed by atoms with Gasteiger partial charge in [-0.15, -0.1) is 0 Å². The third-order valence-electron chi connectivity index (χ3n) is 15.8. The van der Waals surface area contributed by atoms with Crippen LogP contribution in [0.4, 0.5) is 17.1 Å². The first-order valence-electron chi connectivity index (χ1n) is 25.4. The van der Waals surface area contributed by atoms with Crippen molar-refractivity contribution >= 4 is 29.2 Å². The van der Waals surface area contributed by atoms with Crippen molar-refractivity contribution in [3.05, 3.63) is 270 Å². The van der Waals surface area contributed by atoms with Crippen molar-refractivity contribution in [2.45, 2.75) is 51.4 Å². The van der Waals surface area contributed by atoms with Crippen molar-refractivity contribution in [2.24, 2.45) is 0 Å². The van der Waals surface area contributed by atoms with E-state index in [2.05, 4.69) is 281 Å². The van der Waals surface area contributed by atoms with Crippen LogP contribution in [0.2, 0.25) is 0 Å². The van der Waals surface area contributed by atoms with Gasteiger partial charge in [0.1, 0.15) is 0 Å². The molecule has 10 aromatic rings. The van der Waals surface area contributed by atoms with Crippen LogP contribution >= 0.6 is 0 Å². The van der Waals surface area contributed by atoms with Crippen LogP contribution in [0, 0.1) is 0 Å². The van der Waals surface area contributed by atoms with Crippen molar-refractivity contribution in [1.82, 2.24) is 0 Å². The van der Waals surface area contributed by atoms with Crippen LogP contribution in [0.5, 0.6) is 0 Å². The van der Waals surface area contributed by atoms with Gasteiger partial charge in [0.15, 0.2) is 0 Å². The fourth-order valence-corrected chi connectivity index (χ4v) is 12.0. The number of fused-ring (bicyclic) bond motifs is 6. The van der Waals surface area contributed by atoms with E-state index in [1.807, 2.05) is 0 Å². The Balaban J connectivity index is 0.846. The SMILES string of the molecule is CCC1(CC)c2cc(/C=C/c3ccc(-c4c(-c5ccccc5)cccc4-c4ccc(-c5ccc6c(c5)C(C)(C)c5ccccc5-6)cc4)cc3)ccc2-c2ccc(N(c3ccccc3)c3ccccc3)cc21. The molecule has 0 fully saturated rings. The van der Waals surface area contributed by atoms with Crippen molar-refractivity contribution in [3.63, 3.8) is 0 Å². The maximum atomic E-state index is 2.46. The maximum absolute atomic E-state index is 2.46. The third-order valence-corrected chi connectivity index (χ3v) is 15.8. The van der Waals surface area contributed by atoms with E-state index in [9.17, 15) is 0 Å². The third kappa shape index (κ3) is 7.56. The molecule has 342 valence electrons. The highest BCUT2D eigenvalue weighted by atomic mass is 15.1. The average Bonchev–Trinajstić information content (AvgIpc) is 3.84. The Morgan fingerprint density at radius 1 is 0.324 bits per heavy atom. The Hall–Kier alpha value is -8.26. The first-order chi connectivity index (χ1) is 34.8. The zero-order valence-corrected chi connectivity index (χ0v) is 41.0. The molecule has 0 spiro atoms. The summed E-state index contributed by atoms with van der Waals surface area (Å²) in [4.78, 5) is 2.38. The topological polar surface area (TPSA) is 3.24 Å². The molecule has 2 aliphatic rings. The van der Waals surface area contributed by atoms with Crippen LogP contribution < -0.4 is 4.90 Å². The number of hydrogen-bond donors (Lipinski definition) is 0. The van der Waals surface area contributed by atoms with Crippen LogP contribution in [0.3, 0.4) is 0 Å². The molecule has 0 aromatic heterocycles. The van der Waals surface area contributed by atoms with Gasteiger partial charge < -0.3 is 4.90 Å². The summed E-state index contributed by atoms with van der Waals surface area (Å²) >= 11 is 0. The Morgan fingerprint density at radius 2 is 0.789 bits per heavy atom. The van der Waals surface area contributed by atoms with Gasteiger partial charge in [-0.1, -0.05) is 234 Å². The molecule has 2 aliphatic carbocycles. The molecule has 0 amide bonds. The van der Waals surface area contributed by atoms with E-state index in [4.69, 9.17) is 0 Å². The van der Waals surface area contributed by atoms with E-state index in [-0.39, 0.29) is 10.8 Å². The molecule has 0 saturated heterocycles. The van der Waals surface area contributed by atoms with E-state index in [1.165, 1.54) is 106 Å². The number of hydrogen-bond acceptors (Lipinski definition) is 1. The number of nitrogens with zero attached hydrogens (tertiary/aromatic N) is 1. The molecule has 0 N–H and O–H groups in total. The second-order valence-electron chi connectivity index (χ2n) is 19.9. The minimum atomic E-state index is -0.0819. The molecule has 0 atom stereocenters. The molecule has 1 nitrogen and oxygen atoms in total. The first-order valence-corrected chi connectivity index (χ1v) is 25.4. The first kappa shape index (κ1) is 44.0. The molecule has 0 radical (unpaired) electrons. The highest BCUT2D eigenvalue weighted by Gasteiger charge is 2.41. The van der Waals surface area contributed by atoms with Crippen molar-refractivity contribution in [3.8, 4) is 66.8 Å². The summed E-state index contributed by atoms with van der Waals surface area (Å²) in [6.07, 6.45) is 6.61. The van der Waals surface area contributed by atoms with E-state index in [0.717, 1.165) is 24.2 Å². The Morgan fingerprint density at radius 3 is 1.45 bits per heavy atom. The largest absolute Gasteiger partial charge is 0.310 e. The lowest BCUT2D eigenvalue weighted by Crippen LogP contribution is -2.23. The van der Waals surface area contributed by atoms with Crippen molar-refractivity contribution < 1.29 is 0 Å². The fraction of sp³-hybridized carbons (Fsp3) is 0.114. The molecule has 0 saturated carbocycles. The highest BCUT2D eigenvalue weighted by Crippen LogP contribution is 2.55. The number of anilines is 3. The summed E-state index contributed by atoms with van der Waals surface area (Å²) in [6, 6.07) is 87.5. The van der Waals surface area contributed by atoms with Gasteiger partial charge in [-0.05, 0) is 155 Å². The molecule has 71 heavy (non-hydrogen) atoms. The van der Waals surface area contributed by atoms with Gasteiger partial charge in [0, 0.05) is 27.9 Å². The monoisotopic (exact) mass is 911 g/mol. The van der Waals surface area contributed by atoms with Gasteiger partial charge >= 0.3 is 0 Å². The Bertz CT molecular complexity index is 3560. The second-order valence-corrected chi connectivity index (χ2v) is 19.9. The molecular weight excluding hydrogens is 855 g/mol. The predicted molar refractivity (Wildman–Crippen MR) is 303 cm³/mol. The van der Waals surface area contributed by atoms with Crippen LogP contribution in [-0.4, -0.2) is 0 Å². The molecule has 0 heterocycles. The molecule has 0 unspecified atom stereocenters.